The van der Waals surface area contributed by atoms with Crippen LogP contribution in [-0.4, -0.2) is 35.2 Å². The molecule has 4 heteroatoms. The minimum atomic E-state index is -0.795. The van der Waals surface area contributed by atoms with Crippen molar-refractivity contribution in [2.24, 2.45) is 11.7 Å². The van der Waals surface area contributed by atoms with Crippen LogP contribution in [0.4, 0.5) is 0 Å². The van der Waals surface area contributed by atoms with Crippen LogP contribution in [-0.2, 0) is 9.59 Å². The minimum absolute atomic E-state index is 0.0408. The van der Waals surface area contributed by atoms with Crippen molar-refractivity contribution >= 4 is 11.7 Å². The average Bonchev–Trinajstić information content (AvgIpc) is 2.71. The number of nitrogens with two attached hydrogens (primary N) is 1. The Morgan fingerprint density at radius 2 is 2.06 bits per heavy atom. The average molecular weight is 240 g/mol. The number of nitrogens with zero attached hydrogens (tertiary/aromatic N) is 1. The van der Waals surface area contributed by atoms with Crippen LogP contribution in [0.1, 0.15) is 46.5 Å². The van der Waals surface area contributed by atoms with Crippen molar-refractivity contribution in [1.82, 2.24) is 4.90 Å². The lowest BCUT2D eigenvalue weighted by molar-refractivity contribution is -0.134. The van der Waals surface area contributed by atoms with Gasteiger partial charge in [0.2, 0.25) is 5.91 Å². The maximum absolute atomic E-state index is 12.1. The maximum atomic E-state index is 12.1. The third-order valence-corrected chi connectivity index (χ3v) is 3.63. The Hall–Kier alpha value is -0.900. The van der Waals surface area contributed by atoms with Gasteiger partial charge in [0.15, 0.2) is 5.78 Å². The van der Waals surface area contributed by atoms with E-state index < -0.39 is 5.54 Å². The largest absolute Gasteiger partial charge is 0.340 e. The molecule has 0 bridgehead atoms. The Morgan fingerprint density at radius 1 is 1.41 bits per heavy atom. The first-order chi connectivity index (χ1) is 7.94. The molecule has 0 aliphatic carbocycles. The summed E-state index contributed by atoms with van der Waals surface area (Å²) in [5.41, 5.74) is 5.28. The number of amides is 1. The molecule has 4 nitrogen and oxygen atoms in total. The Bertz CT molecular complexity index is 304. The molecular weight excluding hydrogens is 216 g/mol. The number of likely N-dealkylation sites (tertiary alicyclic amines) is 1. The summed E-state index contributed by atoms with van der Waals surface area (Å²) in [4.78, 5) is 25.6. The second kappa shape index (κ2) is 5.63. The van der Waals surface area contributed by atoms with E-state index >= 15 is 0 Å². The van der Waals surface area contributed by atoms with E-state index in [0.717, 1.165) is 12.8 Å². The van der Waals surface area contributed by atoms with Gasteiger partial charge in [-0.1, -0.05) is 27.2 Å². The van der Waals surface area contributed by atoms with Crippen LogP contribution in [0.25, 0.3) is 0 Å². The molecular formula is C13H24N2O2. The van der Waals surface area contributed by atoms with E-state index in [1.807, 2.05) is 13.8 Å². The van der Waals surface area contributed by atoms with Crippen LogP contribution in [0.15, 0.2) is 0 Å². The zero-order valence-corrected chi connectivity index (χ0v) is 11.2. The lowest BCUT2D eigenvalue weighted by Crippen LogP contribution is -2.50. The van der Waals surface area contributed by atoms with E-state index in [1.54, 1.807) is 4.90 Å². The molecule has 1 aliphatic heterocycles. The van der Waals surface area contributed by atoms with Crippen molar-refractivity contribution in [1.29, 1.82) is 0 Å². The molecule has 0 aromatic carbocycles. The van der Waals surface area contributed by atoms with E-state index in [2.05, 4.69) is 6.92 Å². The zero-order valence-electron chi connectivity index (χ0n) is 11.2. The number of hydrogen-bond donors (Lipinski definition) is 1. The summed E-state index contributed by atoms with van der Waals surface area (Å²) >= 11 is 0. The Morgan fingerprint density at radius 3 is 2.59 bits per heavy atom. The van der Waals surface area contributed by atoms with E-state index in [4.69, 9.17) is 5.73 Å². The fraction of sp³-hybridized carbons (Fsp3) is 0.846. The first-order valence-corrected chi connectivity index (χ1v) is 6.55. The first kappa shape index (κ1) is 14.2. The highest BCUT2D eigenvalue weighted by molar-refractivity contribution is 5.90. The Balaban J connectivity index is 2.61. The van der Waals surface area contributed by atoms with Gasteiger partial charge in [-0.25, -0.2) is 0 Å². The van der Waals surface area contributed by atoms with Gasteiger partial charge >= 0.3 is 0 Å². The Labute approximate surface area is 104 Å². The smallest absolute Gasteiger partial charge is 0.225 e. The number of Topliss-reactive ketones (excluding diaryl/α,β-unsaturated/α-hetero) is 1. The molecule has 2 atom stereocenters. The first-order valence-electron chi connectivity index (χ1n) is 6.55. The molecule has 1 heterocycles. The van der Waals surface area contributed by atoms with Gasteiger partial charge in [-0.3, -0.25) is 9.59 Å². The van der Waals surface area contributed by atoms with E-state index in [9.17, 15) is 9.59 Å². The van der Waals surface area contributed by atoms with Crippen LogP contribution >= 0.6 is 0 Å². The van der Waals surface area contributed by atoms with Crippen LogP contribution in [0.5, 0.6) is 0 Å². The maximum Gasteiger partial charge on any atom is 0.225 e. The molecule has 0 aromatic heterocycles. The van der Waals surface area contributed by atoms with Gasteiger partial charge < -0.3 is 10.6 Å². The summed E-state index contributed by atoms with van der Waals surface area (Å²) in [6, 6.07) is 0. The molecule has 2 unspecified atom stereocenters. The number of ketones is 1. The molecule has 0 saturated carbocycles. The molecule has 1 saturated heterocycles. The molecule has 1 fully saturated rings. The zero-order chi connectivity index (χ0) is 13.1. The highest BCUT2D eigenvalue weighted by Gasteiger charge is 2.41. The van der Waals surface area contributed by atoms with Gasteiger partial charge in [-0.2, -0.15) is 0 Å². The molecule has 0 radical (unpaired) electrons. The number of rotatable bonds is 5. The van der Waals surface area contributed by atoms with Crippen molar-refractivity contribution < 1.29 is 9.59 Å². The predicted molar refractivity (Wildman–Crippen MR) is 67.5 cm³/mol. The number of hydrogen-bond acceptors (Lipinski definition) is 3. The number of carbonyl (C=O) groups excluding carboxylic acids is 2. The summed E-state index contributed by atoms with van der Waals surface area (Å²) in [5, 5.41) is 0. The molecule has 98 valence electrons. The fourth-order valence-corrected chi connectivity index (χ4v) is 2.47. The molecule has 0 aromatic rings. The van der Waals surface area contributed by atoms with Crippen LogP contribution in [0.3, 0.4) is 0 Å². The van der Waals surface area contributed by atoms with Gasteiger partial charge in [-0.05, 0) is 12.8 Å². The summed E-state index contributed by atoms with van der Waals surface area (Å²) < 4.78 is 0. The molecule has 17 heavy (non-hydrogen) atoms. The van der Waals surface area contributed by atoms with Crippen molar-refractivity contribution in [3.05, 3.63) is 0 Å². The monoisotopic (exact) mass is 240 g/mol. The quantitative estimate of drug-likeness (QED) is 0.788. The molecule has 0 spiro atoms. The fourth-order valence-electron chi connectivity index (χ4n) is 2.47. The third-order valence-electron chi connectivity index (χ3n) is 3.63. The molecule has 2 N–H and O–H groups in total. The third kappa shape index (κ3) is 3.06. The van der Waals surface area contributed by atoms with Crippen molar-refractivity contribution in [2.45, 2.75) is 52.0 Å². The predicted octanol–water partition coefficient (Wildman–Crippen LogP) is 1.33. The lowest BCUT2D eigenvalue weighted by atomic mass is 9.93. The second-order valence-corrected chi connectivity index (χ2v) is 5.13. The minimum Gasteiger partial charge on any atom is -0.340 e. The second-order valence-electron chi connectivity index (χ2n) is 5.13. The normalized spacial score (nSPS) is 26.0. The summed E-state index contributed by atoms with van der Waals surface area (Å²) in [6.45, 7) is 6.86. The highest BCUT2D eigenvalue weighted by Crippen LogP contribution is 2.23. The highest BCUT2D eigenvalue weighted by atomic mass is 16.2. The van der Waals surface area contributed by atoms with Crippen molar-refractivity contribution in [3.8, 4) is 0 Å². The van der Waals surface area contributed by atoms with Crippen LogP contribution < -0.4 is 5.73 Å². The number of carbonyl (C=O) groups is 2. The SMILES string of the molecule is CCCC(C)C(=O)N1CCC(N)(C(=O)CC)C1. The van der Waals surface area contributed by atoms with Crippen molar-refractivity contribution in [3.63, 3.8) is 0 Å². The summed E-state index contributed by atoms with van der Waals surface area (Å²) in [7, 11) is 0. The summed E-state index contributed by atoms with van der Waals surface area (Å²) in [6.07, 6.45) is 2.95. The standard InChI is InChI=1S/C13H24N2O2/c1-4-6-10(3)12(17)15-8-7-13(14,9-15)11(16)5-2/h10H,4-9,14H2,1-3H3. The van der Waals surface area contributed by atoms with E-state index in [-0.39, 0.29) is 17.6 Å². The van der Waals surface area contributed by atoms with Crippen LogP contribution in [0, 0.1) is 5.92 Å². The van der Waals surface area contributed by atoms with Gasteiger partial charge in [0.05, 0.1) is 5.54 Å². The molecule has 1 amide bonds. The van der Waals surface area contributed by atoms with Gasteiger partial charge in [0.1, 0.15) is 0 Å². The molecule has 1 rings (SSSR count). The lowest BCUT2D eigenvalue weighted by Gasteiger charge is -2.24. The van der Waals surface area contributed by atoms with E-state index in [1.165, 1.54) is 0 Å². The van der Waals surface area contributed by atoms with Crippen LogP contribution in [0.2, 0.25) is 0 Å². The summed E-state index contributed by atoms with van der Waals surface area (Å²) in [5.74, 6) is 0.248. The molecule has 1 aliphatic rings. The van der Waals surface area contributed by atoms with E-state index in [0.29, 0.717) is 25.9 Å². The topological polar surface area (TPSA) is 63.4 Å². The van der Waals surface area contributed by atoms with Gasteiger partial charge in [-0.15, -0.1) is 0 Å². The van der Waals surface area contributed by atoms with Gasteiger partial charge in [0.25, 0.3) is 0 Å². The Kier molecular flexibility index (Phi) is 4.69. The van der Waals surface area contributed by atoms with Gasteiger partial charge in [0, 0.05) is 25.4 Å². The van der Waals surface area contributed by atoms with Crippen molar-refractivity contribution in [2.75, 3.05) is 13.1 Å².